The number of aryl methyl sites for hydroxylation is 1. The topological polar surface area (TPSA) is 76.3 Å². The summed E-state index contributed by atoms with van der Waals surface area (Å²) in [7, 11) is 0. The van der Waals surface area contributed by atoms with E-state index in [0.29, 0.717) is 22.9 Å². The van der Waals surface area contributed by atoms with E-state index in [2.05, 4.69) is 16.0 Å². The third kappa shape index (κ3) is 4.75. The average Bonchev–Trinajstić information content (AvgIpc) is 3.61. The summed E-state index contributed by atoms with van der Waals surface area (Å²) in [5.74, 6) is 0.810. The van der Waals surface area contributed by atoms with Crippen LogP contribution in [0.4, 0.5) is 19.3 Å². The highest BCUT2D eigenvalue weighted by Crippen LogP contribution is 2.44. The second kappa shape index (κ2) is 9.81. The molecule has 2 aromatic carbocycles. The lowest BCUT2D eigenvalue weighted by molar-refractivity contribution is 0.0819. The number of ether oxygens (including phenoxy) is 2. The maximum Gasteiger partial charge on any atom is 0.411 e. The maximum absolute atomic E-state index is 12.7. The number of benzene rings is 2. The van der Waals surface area contributed by atoms with E-state index in [4.69, 9.17) is 9.47 Å². The van der Waals surface area contributed by atoms with Crippen molar-refractivity contribution in [2.24, 2.45) is 5.92 Å². The van der Waals surface area contributed by atoms with Gasteiger partial charge in [0.25, 0.3) is 6.43 Å². The second-order valence-corrected chi connectivity index (χ2v) is 9.77. The quantitative estimate of drug-likeness (QED) is 0.360. The number of carbonyl (C=O) groups excluding carboxylic acids is 1. The molecule has 2 aliphatic carbocycles. The first-order valence-electron chi connectivity index (χ1n) is 12.4. The monoisotopic (exact) mass is 493 g/mol. The largest absolute Gasteiger partial charge is 0.488 e. The number of fused-ring (bicyclic) bond motifs is 1. The smallest absolute Gasteiger partial charge is 0.411 e. The SMILES string of the molecule is Cc1cc(-c2c(C#N)c3ccc(OCC(F)F)cc3n2C2CCC2)ccc1NC(=O)OC(C)C1CC1. The first kappa shape index (κ1) is 24.1. The third-order valence-corrected chi connectivity index (χ3v) is 7.22. The molecule has 0 radical (unpaired) electrons. The summed E-state index contributed by atoms with van der Waals surface area (Å²) >= 11 is 0. The summed E-state index contributed by atoms with van der Waals surface area (Å²) < 4.78 is 38.3. The number of nitrogens with one attached hydrogen (secondary N) is 1. The van der Waals surface area contributed by atoms with Gasteiger partial charge >= 0.3 is 6.09 Å². The van der Waals surface area contributed by atoms with Gasteiger partial charge < -0.3 is 14.0 Å². The molecule has 2 fully saturated rings. The Morgan fingerprint density at radius 3 is 2.58 bits per heavy atom. The number of amides is 1. The first-order valence-corrected chi connectivity index (χ1v) is 12.4. The predicted octanol–water partition coefficient (Wildman–Crippen LogP) is 7.20. The van der Waals surface area contributed by atoms with Crippen molar-refractivity contribution in [3.63, 3.8) is 0 Å². The predicted molar refractivity (Wildman–Crippen MR) is 134 cm³/mol. The van der Waals surface area contributed by atoms with Crippen molar-refractivity contribution in [1.82, 2.24) is 4.57 Å². The molecule has 2 saturated carbocycles. The van der Waals surface area contributed by atoms with Gasteiger partial charge in [0.1, 0.15) is 24.5 Å². The molecule has 5 rings (SSSR count). The van der Waals surface area contributed by atoms with Gasteiger partial charge in [0.05, 0.1) is 16.8 Å². The van der Waals surface area contributed by atoms with E-state index in [0.717, 1.165) is 59.8 Å². The Labute approximate surface area is 208 Å². The number of halogens is 2. The van der Waals surface area contributed by atoms with Crippen molar-refractivity contribution in [3.8, 4) is 23.1 Å². The van der Waals surface area contributed by atoms with Crippen molar-refractivity contribution >= 4 is 22.7 Å². The van der Waals surface area contributed by atoms with E-state index in [1.165, 1.54) is 0 Å². The van der Waals surface area contributed by atoms with Gasteiger partial charge in [-0.05, 0) is 87.3 Å². The molecule has 0 spiro atoms. The average molecular weight is 494 g/mol. The van der Waals surface area contributed by atoms with E-state index in [9.17, 15) is 18.8 Å². The van der Waals surface area contributed by atoms with Crippen LogP contribution in [0.25, 0.3) is 22.2 Å². The molecule has 8 heteroatoms. The van der Waals surface area contributed by atoms with Crippen LogP contribution in [0.5, 0.6) is 5.75 Å². The highest BCUT2D eigenvalue weighted by molar-refractivity contribution is 5.96. The standard InChI is InChI=1S/C28H29F2N3O3/c1-16-12-19(8-11-24(16)32-28(34)36-17(2)18-6-7-18)27-23(14-31)22-10-9-21(35-15-26(29)30)13-25(22)33(27)20-4-3-5-20/h8-13,17-18,20,26H,3-7,15H2,1-2H3,(H,32,34). The van der Waals surface area contributed by atoms with E-state index in [-0.39, 0.29) is 12.1 Å². The molecule has 0 aliphatic heterocycles. The number of aromatic nitrogens is 1. The number of carbonyl (C=O) groups is 1. The Morgan fingerprint density at radius 1 is 1.19 bits per heavy atom. The first-order chi connectivity index (χ1) is 17.4. The number of hydrogen-bond donors (Lipinski definition) is 1. The minimum Gasteiger partial charge on any atom is -0.488 e. The molecule has 2 aliphatic rings. The van der Waals surface area contributed by atoms with Crippen LogP contribution in [0.2, 0.25) is 0 Å². The minimum absolute atomic E-state index is 0.101. The Kier molecular flexibility index (Phi) is 6.57. The zero-order chi connectivity index (χ0) is 25.4. The van der Waals surface area contributed by atoms with Crippen LogP contribution < -0.4 is 10.1 Å². The number of anilines is 1. The molecule has 1 N–H and O–H groups in total. The summed E-state index contributed by atoms with van der Waals surface area (Å²) in [4.78, 5) is 12.4. The van der Waals surface area contributed by atoms with Crippen molar-refractivity contribution in [1.29, 1.82) is 5.26 Å². The molecule has 1 amide bonds. The van der Waals surface area contributed by atoms with Crippen LogP contribution in [0.1, 0.15) is 56.2 Å². The highest BCUT2D eigenvalue weighted by Gasteiger charge is 2.31. The van der Waals surface area contributed by atoms with E-state index in [1.54, 1.807) is 18.2 Å². The van der Waals surface area contributed by atoms with Crippen molar-refractivity contribution in [2.75, 3.05) is 11.9 Å². The molecule has 1 atom stereocenters. The van der Waals surface area contributed by atoms with Gasteiger partial charge in [0.15, 0.2) is 0 Å². The summed E-state index contributed by atoms with van der Waals surface area (Å²) in [6, 6.07) is 13.4. The molecular weight excluding hydrogens is 464 g/mol. The van der Waals surface area contributed by atoms with Crippen molar-refractivity contribution in [3.05, 3.63) is 47.5 Å². The summed E-state index contributed by atoms with van der Waals surface area (Å²) in [6.45, 7) is 3.14. The van der Waals surface area contributed by atoms with Gasteiger partial charge in [-0.2, -0.15) is 5.26 Å². The summed E-state index contributed by atoms with van der Waals surface area (Å²) in [5.41, 5.74) is 4.49. The fraction of sp³-hybridized carbons (Fsp3) is 0.429. The lowest BCUT2D eigenvalue weighted by Crippen LogP contribution is -2.22. The molecular formula is C28H29F2N3O3. The van der Waals surface area contributed by atoms with Crippen LogP contribution in [0, 0.1) is 24.2 Å². The van der Waals surface area contributed by atoms with Crippen molar-refractivity contribution < 1.29 is 23.0 Å². The molecule has 1 unspecified atom stereocenters. The Balaban J connectivity index is 1.50. The lowest BCUT2D eigenvalue weighted by atomic mass is 9.92. The number of rotatable bonds is 8. The van der Waals surface area contributed by atoms with Gasteiger partial charge in [-0.25, -0.2) is 13.6 Å². The normalized spacial score (nSPS) is 16.4. The molecule has 36 heavy (non-hydrogen) atoms. The molecule has 6 nitrogen and oxygen atoms in total. The fourth-order valence-corrected chi connectivity index (χ4v) is 4.88. The van der Waals surface area contributed by atoms with Gasteiger partial charge in [0.2, 0.25) is 0 Å². The lowest BCUT2D eigenvalue weighted by Gasteiger charge is -2.30. The molecule has 1 heterocycles. The van der Waals surface area contributed by atoms with Crippen LogP contribution in [0.15, 0.2) is 36.4 Å². The van der Waals surface area contributed by atoms with Gasteiger partial charge in [-0.3, -0.25) is 5.32 Å². The Morgan fingerprint density at radius 2 is 1.97 bits per heavy atom. The van der Waals surface area contributed by atoms with E-state index in [1.807, 2.05) is 32.0 Å². The zero-order valence-electron chi connectivity index (χ0n) is 20.4. The maximum atomic E-state index is 12.7. The number of alkyl halides is 2. The number of nitriles is 1. The minimum atomic E-state index is -2.56. The van der Waals surface area contributed by atoms with Crippen LogP contribution in [-0.4, -0.2) is 29.8 Å². The highest BCUT2D eigenvalue weighted by atomic mass is 19.3. The summed E-state index contributed by atoms with van der Waals surface area (Å²) in [6.07, 6.45) is 2.11. The van der Waals surface area contributed by atoms with Crippen LogP contribution in [0.3, 0.4) is 0 Å². The van der Waals surface area contributed by atoms with Gasteiger partial charge in [-0.1, -0.05) is 6.07 Å². The Hall–Kier alpha value is -3.60. The zero-order valence-corrected chi connectivity index (χ0v) is 20.4. The molecule has 3 aromatic rings. The number of nitrogens with zero attached hydrogens (tertiary/aromatic N) is 2. The van der Waals surface area contributed by atoms with E-state index < -0.39 is 19.1 Å². The number of hydrogen-bond acceptors (Lipinski definition) is 4. The Bertz CT molecular complexity index is 1340. The molecule has 0 saturated heterocycles. The fourth-order valence-electron chi connectivity index (χ4n) is 4.88. The molecule has 0 bridgehead atoms. The van der Waals surface area contributed by atoms with Crippen molar-refractivity contribution in [2.45, 2.75) is 64.5 Å². The molecule has 1 aromatic heterocycles. The van der Waals surface area contributed by atoms with Crippen LogP contribution >= 0.6 is 0 Å². The third-order valence-electron chi connectivity index (χ3n) is 7.22. The second-order valence-electron chi connectivity index (χ2n) is 9.77. The summed E-state index contributed by atoms with van der Waals surface area (Å²) in [5, 5.41) is 13.7. The van der Waals surface area contributed by atoms with Gasteiger partial charge in [0, 0.05) is 23.2 Å². The van der Waals surface area contributed by atoms with Crippen LogP contribution in [-0.2, 0) is 4.74 Å². The van der Waals surface area contributed by atoms with E-state index >= 15 is 0 Å². The van der Waals surface area contributed by atoms with Gasteiger partial charge in [-0.15, -0.1) is 0 Å². The molecule has 188 valence electrons.